The second-order valence-corrected chi connectivity index (χ2v) is 4.95. The van der Waals surface area contributed by atoms with Crippen LogP contribution in [-0.2, 0) is 4.74 Å². The smallest absolute Gasteiger partial charge is 0.337 e. The molecule has 0 radical (unpaired) electrons. The zero-order valence-corrected chi connectivity index (χ0v) is 11.4. The van der Waals surface area contributed by atoms with E-state index in [1.54, 1.807) is 0 Å². The Morgan fingerprint density at radius 1 is 1.50 bits per heavy atom. The van der Waals surface area contributed by atoms with Gasteiger partial charge in [-0.2, -0.15) is 0 Å². The monoisotopic (exact) mass is 282 g/mol. The molecule has 0 aliphatic carbocycles. The van der Waals surface area contributed by atoms with E-state index in [4.69, 9.17) is 9.84 Å². The fourth-order valence-electron chi connectivity index (χ4n) is 2.30. The molecular formula is C14H19FN2O3. The number of carboxylic acid groups (broad SMARTS) is 1. The van der Waals surface area contributed by atoms with Gasteiger partial charge in [0, 0.05) is 31.4 Å². The number of carbonyl (C=O) groups is 1. The lowest BCUT2D eigenvalue weighted by molar-refractivity contribution is 0.0368. The van der Waals surface area contributed by atoms with Crippen molar-refractivity contribution in [2.24, 2.45) is 0 Å². The summed E-state index contributed by atoms with van der Waals surface area (Å²) in [6.45, 7) is 5.97. The molecule has 0 spiro atoms. The van der Waals surface area contributed by atoms with Crippen LogP contribution < -0.4 is 5.32 Å². The fourth-order valence-corrected chi connectivity index (χ4v) is 2.30. The Morgan fingerprint density at radius 3 is 2.85 bits per heavy atom. The third-order valence-electron chi connectivity index (χ3n) is 3.25. The third-order valence-corrected chi connectivity index (χ3v) is 3.25. The highest BCUT2D eigenvalue weighted by Crippen LogP contribution is 2.18. The average Bonchev–Trinajstić information content (AvgIpc) is 2.41. The summed E-state index contributed by atoms with van der Waals surface area (Å²) in [7, 11) is 0. The van der Waals surface area contributed by atoms with Gasteiger partial charge in [-0.05, 0) is 25.1 Å². The number of morpholine rings is 1. The highest BCUT2D eigenvalue weighted by molar-refractivity contribution is 5.94. The molecule has 20 heavy (non-hydrogen) atoms. The van der Waals surface area contributed by atoms with Crippen molar-refractivity contribution in [2.45, 2.75) is 13.0 Å². The topological polar surface area (TPSA) is 61.8 Å². The van der Waals surface area contributed by atoms with Gasteiger partial charge in [-0.3, -0.25) is 4.90 Å². The molecule has 0 aromatic heterocycles. The van der Waals surface area contributed by atoms with Crippen LogP contribution in [0, 0.1) is 5.82 Å². The highest BCUT2D eigenvalue weighted by Gasteiger charge is 2.16. The van der Waals surface area contributed by atoms with E-state index in [1.807, 2.05) is 6.92 Å². The van der Waals surface area contributed by atoms with E-state index in [2.05, 4.69) is 10.2 Å². The molecule has 1 aliphatic rings. The lowest BCUT2D eigenvalue weighted by Gasteiger charge is -2.30. The molecule has 1 heterocycles. The molecule has 5 nitrogen and oxygen atoms in total. The zero-order valence-electron chi connectivity index (χ0n) is 11.4. The van der Waals surface area contributed by atoms with E-state index in [0.717, 1.165) is 38.9 Å². The number of halogens is 1. The summed E-state index contributed by atoms with van der Waals surface area (Å²) >= 11 is 0. The van der Waals surface area contributed by atoms with Crippen LogP contribution in [0.25, 0.3) is 0 Å². The first-order chi connectivity index (χ1) is 9.56. The summed E-state index contributed by atoms with van der Waals surface area (Å²) in [5.41, 5.74) is 0.401. The second-order valence-electron chi connectivity index (χ2n) is 4.95. The SMILES string of the molecule is CC(CN1CCOCC1)Nc1ccc(F)cc1C(=O)O. The fraction of sp³-hybridized carbons (Fsp3) is 0.500. The maximum atomic E-state index is 13.1. The van der Waals surface area contributed by atoms with Crippen molar-refractivity contribution in [3.05, 3.63) is 29.6 Å². The molecule has 1 aliphatic heterocycles. The van der Waals surface area contributed by atoms with Gasteiger partial charge in [0.25, 0.3) is 0 Å². The van der Waals surface area contributed by atoms with Crippen LogP contribution in [0.4, 0.5) is 10.1 Å². The Balaban J connectivity index is 1.99. The van der Waals surface area contributed by atoms with Gasteiger partial charge < -0.3 is 15.2 Å². The van der Waals surface area contributed by atoms with Crippen LogP contribution in [0.5, 0.6) is 0 Å². The number of hydrogen-bond acceptors (Lipinski definition) is 4. The highest BCUT2D eigenvalue weighted by atomic mass is 19.1. The zero-order chi connectivity index (χ0) is 14.5. The molecule has 6 heteroatoms. The minimum absolute atomic E-state index is 0.0428. The summed E-state index contributed by atoms with van der Waals surface area (Å²) in [6.07, 6.45) is 0. The Bertz CT molecular complexity index is 475. The molecule has 1 aromatic carbocycles. The number of rotatable bonds is 5. The van der Waals surface area contributed by atoms with Crippen molar-refractivity contribution < 1.29 is 19.0 Å². The molecule has 0 amide bonds. The minimum Gasteiger partial charge on any atom is -0.478 e. The van der Waals surface area contributed by atoms with Crippen molar-refractivity contribution in [1.29, 1.82) is 0 Å². The van der Waals surface area contributed by atoms with Gasteiger partial charge in [0.05, 0.1) is 18.8 Å². The van der Waals surface area contributed by atoms with Gasteiger partial charge in [-0.15, -0.1) is 0 Å². The number of nitrogens with one attached hydrogen (secondary N) is 1. The number of nitrogens with zero attached hydrogens (tertiary/aromatic N) is 1. The van der Waals surface area contributed by atoms with E-state index in [9.17, 15) is 9.18 Å². The van der Waals surface area contributed by atoms with E-state index >= 15 is 0 Å². The van der Waals surface area contributed by atoms with E-state index in [-0.39, 0.29) is 11.6 Å². The summed E-state index contributed by atoms with van der Waals surface area (Å²) in [6, 6.07) is 3.83. The number of aromatic carboxylic acids is 1. The maximum absolute atomic E-state index is 13.1. The van der Waals surface area contributed by atoms with Crippen molar-refractivity contribution in [3.8, 4) is 0 Å². The molecule has 2 N–H and O–H groups in total. The Hall–Kier alpha value is -1.66. The third kappa shape index (κ3) is 3.91. The number of anilines is 1. The molecule has 1 unspecified atom stereocenters. The van der Waals surface area contributed by atoms with Crippen LogP contribution >= 0.6 is 0 Å². The minimum atomic E-state index is -1.13. The Kier molecular flexibility index (Phi) is 4.92. The van der Waals surface area contributed by atoms with Crippen molar-refractivity contribution in [2.75, 3.05) is 38.2 Å². The quantitative estimate of drug-likeness (QED) is 0.860. The van der Waals surface area contributed by atoms with E-state index < -0.39 is 11.8 Å². The summed E-state index contributed by atoms with van der Waals surface area (Å²) in [4.78, 5) is 13.4. The molecule has 0 bridgehead atoms. The lowest BCUT2D eigenvalue weighted by atomic mass is 10.1. The van der Waals surface area contributed by atoms with Gasteiger partial charge in [0.2, 0.25) is 0 Å². The van der Waals surface area contributed by atoms with Crippen molar-refractivity contribution in [1.82, 2.24) is 4.90 Å². The predicted octanol–water partition coefficient (Wildman–Crippen LogP) is 1.66. The molecule has 1 aromatic rings. The molecule has 110 valence electrons. The number of ether oxygens (including phenoxy) is 1. The molecule has 1 atom stereocenters. The van der Waals surface area contributed by atoms with Crippen LogP contribution in [0.15, 0.2) is 18.2 Å². The standard InChI is InChI=1S/C14H19FN2O3/c1-10(9-17-4-6-20-7-5-17)16-13-3-2-11(15)8-12(13)14(18)19/h2-3,8,10,16H,4-7,9H2,1H3,(H,18,19). The van der Waals surface area contributed by atoms with Gasteiger partial charge in [0.15, 0.2) is 0 Å². The summed E-state index contributed by atoms with van der Waals surface area (Å²) in [5.74, 6) is -1.68. The predicted molar refractivity (Wildman–Crippen MR) is 73.7 cm³/mol. The Morgan fingerprint density at radius 2 is 2.20 bits per heavy atom. The average molecular weight is 282 g/mol. The first-order valence-electron chi connectivity index (χ1n) is 6.66. The largest absolute Gasteiger partial charge is 0.478 e. The van der Waals surface area contributed by atoms with Crippen molar-refractivity contribution in [3.63, 3.8) is 0 Å². The summed E-state index contributed by atoms with van der Waals surface area (Å²) in [5, 5.41) is 12.2. The van der Waals surface area contributed by atoms with Gasteiger partial charge >= 0.3 is 5.97 Å². The second kappa shape index (κ2) is 6.67. The Labute approximate surface area is 117 Å². The molecule has 1 saturated heterocycles. The number of carboxylic acids is 1. The van der Waals surface area contributed by atoms with Gasteiger partial charge in [0.1, 0.15) is 5.82 Å². The van der Waals surface area contributed by atoms with Crippen LogP contribution in [0.2, 0.25) is 0 Å². The number of hydrogen-bond donors (Lipinski definition) is 2. The van der Waals surface area contributed by atoms with Gasteiger partial charge in [-0.25, -0.2) is 9.18 Å². The number of benzene rings is 1. The molecule has 0 saturated carbocycles. The molecule has 2 rings (SSSR count). The van der Waals surface area contributed by atoms with Crippen molar-refractivity contribution >= 4 is 11.7 Å². The van der Waals surface area contributed by atoms with Crippen LogP contribution in [0.3, 0.4) is 0 Å². The molecule has 1 fully saturated rings. The maximum Gasteiger partial charge on any atom is 0.337 e. The molecular weight excluding hydrogens is 263 g/mol. The lowest BCUT2D eigenvalue weighted by Crippen LogP contribution is -2.42. The summed E-state index contributed by atoms with van der Waals surface area (Å²) < 4.78 is 18.4. The van der Waals surface area contributed by atoms with E-state index in [1.165, 1.54) is 12.1 Å². The normalized spacial score (nSPS) is 17.7. The van der Waals surface area contributed by atoms with E-state index in [0.29, 0.717) is 5.69 Å². The first kappa shape index (κ1) is 14.7. The van der Waals surface area contributed by atoms with Crippen LogP contribution in [-0.4, -0.2) is 54.9 Å². The van der Waals surface area contributed by atoms with Gasteiger partial charge in [-0.1, -0.05) is 0 Å². The first-order valence-corrected chi connectivity index (χ1v) is 6.66. The van der Waals surface area contributed by atoms with Crippen LogP contribution in [0.1, 0.15) is 17.3 Å².